The lowest BCUT2D eigenvalue weighted by Gasteiger charge is -2.36. The number of carbonyl (C=O) groups excluding carboxylic acids is 8. The molecular weight excluding hydrogens is 985 g/mol. The molecule has 4 aliphatic rings. The van der Waals surface area contributed by atoms with Crippen LogP contribution in [0.15, 0.2) is 69.9 Å². The number of fused-ring (bicyclic) bond motifs is 2. The largest absolute Gasteiger partial charge is 0.445 e. The first-order valence-electron chi connectivity index (χ1n) is 27.0. The second-order valence-electron chi connectivity index (χ2n) is 23.3. The molecule has 2 saturated heterocycles. The third-order valence-corrected chi connectivity index (χ3v) is 15.5. The number of hydrogen-bond acceptors (Lipinski definition) is 12. The van der Waals surface area contributed by atoms with Crippen molar-refractivity contribution in [1.82, 2.24) is 52.3 Å². The maximum atomic E-state index is 14.7. The number of nitrogens with one attached hydrogen (secondary N) is 8. The van der Waals surface area contributed by atoms with Crippen LogP contribution in [0.1, 0.15) is 149 Å². The smallest absolute Gasteiger partial charge is 0.287 e. The highest BCUT2D eigenvalue weighted by Gasteiger charge is 2.48. The van der Waals surface area contributed by atoms with Crippen molar-refractivity contribution in [2.45, 2.75) is 167 Å². The zero-order chi connectivity index (χ0) is 56.1. The van der Waals surface area contributed by atoms with Gasteiger partial charge in [-0.2, -0.15) is 0 Å². The first kappa shape index (κ1) is 57.8. The Labute approximate surface area is 450 Å². The van der Waals surface area contributed by atoms with Gasteiger partial charge in [-0.15, -0.1) is 0 Å². The number of rotatable bonds is 16. The van der Waals surface area contributed by atoms with E-state index in [0.29, 0.717) is 12.8 Å². The van der Waals surface area contributed by atoms with Crippen LogP contribution in [-0.2, 0) is 41.6 Å². The number of aryl methyl sites for hydroxylation is 2. The van der Waals surface area contributed by atoms with E-state index in [9.17, 15) is 43.2 Å². The molecule has 0 bridgehead atoms. The maximum Gasteiger partial charge on any atom is 0.287 e. The molecule has 77 heavy (non-hydrogen) atoms. The summed E-state index contributed by atoms with van der Waals surface area (Å²) in [5.41, 5.74) is 1.91. The van der Waals surface area contributed by atoms with E-state index in [1.54, 1.807) is 69.5 Å². The topological polar surface area (TPSA) is 269 Å². The Hall–Kier alpha value is -6.93. The summed E-state index contributed by atoms with van der Waals surface area (Å²) in [7, 11) is 3.25. The van der Waals surface area contributed by atoms with Gasteiger partial charge in [-0.1, -0.05) is 90.1 Å². The fourth-order valence-electron chi connectivity index (χ4n) is 10.8. The summed E-state index contributed by atoms with van der Waals surface area (Å²) >= 11 is 0. The number of likely N-dealkylation sites (tertiary alicyclic amines) is 2. The molecule has 2 fully saturated rings. The quantitative estimate of drug-likeness (QED) is 0.103. The number of benzene rings is 2. The minimum atomic E-state index is -1.07. The van der Waals surface area contributed by atoms with Crippen LogP contribution in [0.25, 0.3) is 0 Å². The van der Waals surface area contributed by atoms with Gasteiger partial charge >= 0.3 is 0 Å². The maximum absolute atomic E-state index is 14.7. The first-order chi connectivity index (χ1) is 36.4. The van der Waals surface area contributed by atoms with Crippen molar-refractivity contribution in [3.8, 4) is 0 Å². The predicted octanol–water partition coefficient (Wildman–Crippen LogP) is 2.70. The van der Waals surface area contributed by atoms with Gasteiger partial charge in [0.1, 0.15) is 24.2 Å². The van der Waals surface area contributed by atoms with Gasteiger partial charge in [-0.3, -0.25) is 43.2 Å². The zero-order valence-corrected chi connectivity index (χ0v) is 46.1. The molecule has 1 aromatic heterocycles. The molecule has 0 spiro atoms. The Morgan fingerprint density at radius 3 is 1.31 bits per heavy atom. The lowest BCUT2D eigenvalue weighted by atomic mass is 9.85. The van der Waals surface area contributed by atoms with Gasteiger partial charge in [-0.05, 0) is 112 Å². The molecule has 7 rings (SSSR count). The van der Waals surface area contributed by atoms with E-state index in [1.165, 1.54) is 9.80 Å². The Morgan fingerprint density at radius 2 is 0.948 bits per heavy atom. The average molecular weight is 1060 g/mol. The van der Waals surface area contributed by atoms with Gasteiger partial charge in [-0.25, -0.2) is 0 Å². The molecule has 2 aliphatic carbocycles. The molecule has 416 valence electrons. The van der Waals surface area contributed by atoms with Crippen molar-refractivity contribution >= 4 is 47.3 Å². The molecule has 2 aromatic carbocycles. The van der Waals surface area contributed by atoms with E-state index in [0.717, 1.165) is 60.1 Å². The highest BCUT2D eigenvalue weighted by molar-refractivity contribution is 5.97. The molecule has 2 aliphatic heterocycles. The van der Waals surface area contributed by atoms with Crippen LogP contribution in [0.3, 0.4) is 0 Å². The number of hydrogen-bond donors (Lipinski definition) is 8. The molecule has 0 unspecified atom stereocenters. The standard InChI is InChI=1S/C57H78N10O10/c1-31(58-9)48(69)64-46(56(3,4)5)54(75)66-29-35(25-42(66)50(71)62-40-23-15-19-33-17-11-13-21-38(33)40)60-52(73)44-27-37(68)28-45(77-44)53(74)61-36-26-43(51(72)63-41-24-16-20-34-18-12-14-22-39(34)41)67(30-36)55(76)47(57(6,7)8)65-49(70)32(2)59-10/h11-14,17-18,21-22,27-28,31-32,35-36,40-43,46-47,58-59H,15-16,19-20,23-26,29-30H2,1-10H3,(H,60,73)(H,61,74)(H,62,71)(H,63,72)(H,64,69)(H,65,70)/t31-,32-,35-,36-,40+,41+,42-,43-,46+,47+/m0/s1. The van der Waals surface area contributed by atoms with Crippen molar-refractivity contribution in [1.29, 1.82) is 0 Å². The SMILES string of the molecule is CN[C@@H](C)C(=O)N[C@H](C(=O)N1C[C@@H](NC(=O)c2cc(=O)cc(C(=O)N[C@H]3C[C@@H](C(=O)N[C@@H]4CCCc5ccccc54)N(C(=O)[C@@H](NC(=O)[C@H](C)NC)C(C)(C)C)C3)o2)C[C@H]1C(=O)N[C@@H]1CCCc2ccccc21)C(C)(C)C. The Bertz CT molecular complexity index is 2600. The summed E-state index contributed by atoms with van der Waals surface area (Å²) in [5, 5.41) is 23.5. The van der Waals surface area contributed by atoms with Crippen LogP contribution in [0, 0.1) is 10.8 Å². The number of carbonyl (C=O) groups is 8. The van der Waals surface area contributed by atoms with Gasteiger partial charge < -0.3 is 56.8 Å². The molecule has 3 aromatic rings. The van der Waals surface area contributed by atoms with E-state index in [1.807, 2.05) is 48.5 Å². The van der Waals surface area contributed by atoms with E-state index in [-0.39, 0.29) is 38.0 Å². The number of likely N-dealkylation sites (N-methyl/N-ethyl adjacent to an activating group) is 2. The minimum absolute atomic E-state index is 0.0208. The summed E-state index contributed by atoms with van der Waals surface area (Å²) in [5.74, 6) is -5.53. The van der Waals surface area contributed by atoms with Crippen LogP contribution in [0.4, 0.5) is 0 Å². The molecule has 20 nitrogen and oxygen atoms in total. The predicted molar refractivity (Wildman–Crippen MR) is 288 cm³/mol. The average Bonchev–Trinajstić information content (AvgIpc) is 4.06. The van der Waals surface area contributed by atoms with Crippen molar-refractivity contribution in [3.63, 3.8) is 0 Å². The Kier molecular flexibility index (Phi) is 18.1. The van der Waals surface area contributed by atoms with E-state index in [2.05, 4.69) is 42.5 Å². The normalized spacial score (nSPS) is 22.7. The van der Waals surface area contributed by atoms with Crippen molar-refractivity contribution < 1.29 is 42.8 Å². The lowest BCUT2D eigenvalue weighted by molar-refractivity contribution is -0.144. The molecule has 10 atom stereocenters. The monoisotopic (exact) mass is 1060 g/mol. The van der Waals surface area contributed by atoms with Crippen molar-refractivity contribution in [2.24, 2.45) is 10.8 Å². The van der Waals surface area contributed by atoms with Gasteiger partial charge in [0.25, 0.3) is 11.8 Å². The van der Waals surface area contributed by atoms with Crippen molar-refractivity contribution in [2.75, 3.05) is 27.2 Å². The van der Waals surface area contributed by atoms with Crippen LogP contribution >= 0.6 is 0 Å². The molecule has 20 heteroatoms. The highest BCUT2D eigenvalue weighted by Crippen LogP contribution is 2.34. The fourth-order valence-corrected chi connectivity index (χ4v) is 10.8. The summed E-state index contributed by atoms with van der Waals surface area (Å²) in [6.45, 7) is 13.9. The Morgan fingerprint density at radius 1 is 0.571 bits per heavy atom. The zero-order valence-electron chi connectivity index (χ0n) is 46.1. The van der Waals surface area contributed by atoms with Gasteiger partial charge in [0.05, 0.1) is 24.2 Å². The third-order valence-electron chi connectivity index (χ3n) is 15.5. The van der Waals surface area contributed by atoms with Crippen LogP contribution in [0.2, 0.25) is 0 Å². The van der Waals surface area contributed by atoms with Crippen LogP contribution in [-0.4, -0.2) is 133 Å². The number of nitrogens with zero attached hydrogens (tertiary/aromatic N) is 2. The van der Waals surface area contributed by atoms with Gasteiger partial charge in [0.2, 0.25) is 35.4 Å². The molecule has 3 heterocycles. The van der Waals surface area contributed by atoms with Gasteiger partial charge in [0.15, 0.2) is 16.9 Å². The molecule has 0 saturated carbocycles. The Balaban J connectivity index is 1.10. The summed E-state index contributed by atoms with van der Waals surface area (Å²) < 4.78 is 5.84. The minimum Gasteiger partial charge on any atom is -0.445 e. The summed E-state index contributed by atoms with van der Waals surface area (Å²) in [6.07, 6.45) is 4.77. The molecule has 8 amide bonds. The lowest BCUT2D eigenvalue weighted by Crippen LogP contribution is -2.59. The van der Waals surface area contributed by atoms with Crippen molar-refractivity contribution in [3.05, 3.63) is 105 Å². The van der Waals surface area contributed by atoms with Crippen LogP contribution < -0.4 is 48.0 Å². The second-order valence-corrected chi connectivity index (χ2v) is 23.3. The molecule has 0 radical (unpaired) electrons. The second kappa shape index (κ2) is 24.2. The van der Waals surface area contributed by atoms with Gasteiger partial charge in [0, 0.05) is 37.3 Å². The first-order valence-corrected chi connectivity index (χ1v) is 27.0. The molecular formula is C57H78N10O10. The number of amides is 8. The summed E-state index contributed by atoms with van der Waals surface area (Å²) in [6, 6.07) is 9.81. The summed E-state index contributed by atoms with van der Waals surface area (Å²) in [4.78, 5) is 129. The van der Waals surface area contributed by atoms with E-state index in [4.69, 9.17) is 4.42 Å². The van der Waals surface area contributed by atoms with E-state index < -0.39 is 123 Å². The highest BCUT2D eigenvalue weighted by atomic mass is 16.4. The van der Waals surface area contributed by atoms with E-state index >= 15 is 0 Å². The third kappa shape index (κ3) is 13.6. The van der Waals surface area contributed by atoms with Crippen LogP contribution in [0.5, 0.6) is 0 Å². The fraction of sp³-hybridized carbons (Fsp3) is 0.561. The molecule has 8 N–H and O–H groups in total.